The SMILES string of the molecule is Cc1c(NC(=O)NCc2noc(C3CCCO3)n2)cccc1-n1cccc1. The van der Waals surface area contributed by atoms with Crippen LogP contribution in [0, 0.1) is 6.92 Å². The van der Waals surface area contributed by atoms with Gasteiger partial charge >= 0.3 is 6.03 Å². The minimum absolute atomic E-state index is 0.126. The van der Waals surface area contributed by atoms with Gasteiger partial charge in [-0.1, -0.05) is 11.2 Å². The van der Waals surface area contributed by atoms with Crippen LogP contribution < -0.4 is 10.6 Å². The molecule has 140 valence electrons. The van der Waals surface area contributed by atoms with Crippen LogP contribution in [-0.2, 0) is 11.3 Å². The third-order valence-corrected chi connectivity index (χ3v) is 4.53. The summed E-state index contributed by atoms with van der Waals surface area (Å²) >= 11 is 0. The maximum absolute atomic E-state index is 12.3. The second-order valence-electron chi connectivity index (χ2n) is 6.40. The first kappa shape index (κ1) is 17.3. The number of amides is 2. The average molecular weight is 367 g/mol. The maximum atomic E-state index is 12.3. The zero-order chi connectivity index (χ0) is 18.6. The van der Waals surface area contributed by atoms with Crippen molar-refractivity contribution in [3.63, 3.8) is 0 Å². The quantitative estimate of drug-likeness (QED) is 0.721. The Morgan fingerprint density at radius 2 is 2.15 bits per heavy atom. The Morgan fingerprint density at radius 3 is 2.93 bits per heavy atom. The Bertz CT molecular complexity index is 913. The molecule has 1 aliphatic rings. The average Bonchev–Trinajstić information content (AvgIpc) is 3.42. The highest BCUT2D eigenvalue weighted by atomic mass is 16.5. The van der Waals surface area contributed by atoms with Crippen LogP contribution in [0.5, 0.6) is 0 Å². The zero-order valence-corrected chi connectivity index (χ0v) is 15.0. The number of benzene rings is 1. The molecule has 8 heteroatoms. The van der Waals surface area contributed by atoms with Crippen molar-refractivity contribution in [2.75, 3.05) is 11.9 Å². The summed E-state index contributed by atoms with van der Waals surface area (Å²) in [5.74, 6) is 0.897. The summed E-state index contributed by atoms with van der Waals surface area (Å²) in [5.41, 5.74) is 2.73. The number of carbonyl (C=O) groups is 1. The van der Waals surface area contributed by atoms with Gasteiger partial charge in [-0.05, 0) is 49.6 Å². The van der Waals surface area contributed by atoms with E-state index in [2.05, 4.69) is 20.8 Å². The molecule has 0 spiro atoms. The van der Waals surface area contributed by atoms with Crippen LogP contribution in [0.2, 0.25) is 0 Å². The van der Waals surface area contributed by atoms with Crippen molar-refractivity contribution in [1.82, 2.24) is 20.0 Å². The fourth-order valence-corrected chi connectivity index (χ4v) is 3.10. The minimum atomic E-state index is -0.328. The third-order valence-electron chi connectivity index (χ3n) is 4.53. The molecular formula is C19H21N5O3. The molecule has 0 aliphatic carbocycles. The molecule has 8 nitrogen and oxygen atoms in total. The van der Waals surface area contributed by atoms with Crippen LogP contribution in [0.15, 0.2) is 47.2 Å². The summed E-state index contributed by atoms with van der Waals surface area (Å²) in [4.78, 5) is 16.5. The number of hydrogen-bond donors (Lipinski definition) is 2. The Labute approximate surface area is 156 Å². The topological polar surface area (TPSA) is 94.2 Å². The van der Waals surface area contributed by atoms with Crippen molar-refractivity contribution < 1.29 is 14.1 Å². The molecule has 4 rings (SSSR count). The maximum Gasteiger partial charge on any atom is 0.319 e. The number of anilines is 1. The molecule has 0 bridgehead atoms. The molecule has 0 radical (unpaired) electrons. The smallest absolute Gasteiger partial charge is 0.319 e. The summed E-state index contributed by atoms with van der Waals surface area (Å²) in [6.07, 6.45) is 5.68. The van der Waals surface area contributed by atoms with Crippen LogP contribution in [0.25, 0.3) is 5.69 Å². The molecule has 1 saturated heterocycles. The van der Waals surface area contributed by atoms with E-state index in [0.717, 1.165) is 29.8 Å². The summed E-state index contributed by atoms with van der Waals surface area (Å²) in [5, 5.41) is 9.51. The minimum Gasteiger partial charge on any atom is -0.368 e. The largest absolute Gasteiger partial charge is 0.368 e. The highest BCUT2D eigenvalue weighted by Gasteiger charge is 2.23. The summed E-state index contributed by atoms with van der Waals surface area (Å²) < 4.78 is 12.7. The monoisotopic (exact) mass is 367 g/mol. The molecule has 3 heterocycles. The van der Waals surface area contributed by atoms with Gasteiger partial charge in [0, 0.05) is 30.4 Å². The Morgan fingerprint density at radius 1 is 1.30 bits per heavy atom. The molecule has 27 heavy (non-hydrogen) atoms. The molecule has 1 fully saturated rings. The number of urea groups is 1. The first-order valence-electron chi connectivity index (χ1n) is 8.92. The van der Waals surface area contributed by atoms with Crippen LogP contribution >= 0.6 is 0 Å². The summed E-state index contributed by atoms with van der Waals surface area (Å²) in [6.45, 7) is 2.86. The second-order valence-corrected chi connectivity index (χ2v) is 6.40. The first-order chi connectivity index (χ1) is 13.2. The lowest BCUT2D eigenvalue weighted by Gasteiger charge is -2.13. The first-order valence-corrected chi connectivity index (χ1v) is 8.92. The molecule has 1 aliphatic heterocycles. The molecule has 0 saturated carbocycles. The van der Waals surface area contributed by atoms with Gasteiger partial charge in [0.25, 0.3) is 5.89 Å². The summed E-state index contributed by atoms with van der Waals surface area (Å²) in [6, 6.07) is 9.37. The van der Waals surface area contributed by atoms with Gasteiger partial charge < -0.3 is 24.5 Å². The van der Waals surface area contributed by atoms with Crippen LogP contribution in [-0.4, -0.2) is 27.3 Å². The van der Waals surface area contributed by atoms with Gasteiger partial charge in [-0.25, -0.2) is 4.79 Å². The molecule has 2 N–H and O–H groups in total. The zero-order valence-electron chi connectivity index (χ0n) is 15.0. The molecule has 1 atom stereocenters. The van der Waals surface area contributed by atoms with Gasteiger partial charge in [0.2, 0.25) is 0 Å². The molecule has 1 unspecified atom stereocenters. The lowest BCUT2D eigenvalue weighted by molar-refractivity contribution is 0.0835. The van der Waals surface area contributed by atoms with Gasteiger partial charge in [-0.2, -0.15) is 4.98 Å². The van der Waals surface area contributed by atoms with E-state index >= 15 is 0 Å². The van der Waals surface area contributed by atoms with Crippen LogP contribution in [0.4, 0.5) is 10.5 Å². The predicted molar refractivity (Wildman–Crippen MR) is 98.6 cm³/mol. The van der Waals surface area contributed by atoms with E-state index in [1.807, 2.05) is 54.2 Å². The number of ether oxygens (including phenoxy) is 1. The summed E-state index contributed by atoms with van der Waals surface area (Å²) in [7, 11) is 0. The van der Waals surface area contributed by atoms with E-state index in [0.29, 0.717) is 18.3 Å². The molecule has 1 aromatic carbocycles. The number of aromatic nitrogens is 3. The number of rotatable bonds is 5. The molecule has 2 amide bonds. The lowest BCUT2D eigenvalue weighted by Crippen LogP contribution is -2.29. The molecule has 2 aromatic heterocycles. The van der Waals surface area contributed by atoms with Crippen LogP contribution in [0.1, 0.15) is 36.2 Å². The Balaban J connectivity index is 1.36. The van der Waals surface area contributed by atoms with Gasteiger partial charge in [0.05, 0.1) is 6.54 Å². The number of hydrogen-bond acceptors (Lipinski definition) is 5. The number of nitrogens with one attached hydrogen (secondary N) is 2. The van der Waals surface area contributed by atoms with E-state index in [4.69, 9.17) is 9.26 Å². The molecular weight excluding hydrogens is 346 g/mol. The second kappa shape index (κ2) is 7.63. The fourth-order valence-electron chi connectivity index (χ4n) is 3.10. The van der Waals surface area contributed by atoms with Gasteiger partial charge in [-0.15, -0.1) is 0 Å². The van der Waals surface area contributed by atoms with Crippen molar-refractivity contribution in [2.24, 2.45) is 0 Å². The van der Waals surface area contributed by atoms with E-state index in [9.17, 15) is 4.79 Å². The lowest BCUT2D eigenvalue weighted by atomic mass is 10.1. The van der Waals surface area contributed by atoms with Crippen molar-refractivity contribution >= 4 is 11.7 Å². The standard InChI is InChI=1S/C19H21N5O3/c1-13-14(6-4-7-15(13)24-9-2-3-10-24)21-19(25)20-12-17-22-18(27-23-17)16-8-5-11-26-16/h2-4,6-7,9-10,16H,5,8,11-12H2,1H3,(H2,20,21,25). The van der Waals surface area contributed by atoms with Gasteiger partial charge in [-0.3, -0.25) is 0 Å². The van der Waals surface area contributed by atoms with E-state index in [1.165, 1.54) is 0 Å². The highest BCUT2D eigenvalue weighted by Crippen LogP contribution is 2.27. The Hall–Kier alpha value is -3.13. The molecule has 3 aromatic rings. The number of nitrogens with zero attached hydrogens (tertiary/aromatic N) is 3. The Kier molecular flexibility index (Phi) is 4.88. The van der Waals surface area contributed by atoms with Crippen LogP contribution in [0.3, 0.4) is 0 Å². The normalized spacial score (nSPS) is 16.4. The van der Waals surface area contributed by atoms with Crippen molar-refractivity contribution in [2.45, 2.75) is 32.4 Å². The van der Waals surface area contributed by atoms with Crippen molar-refractivity contribution in [3.8, 4) is 5.69 Å². The van der Waals surface area contributed by atoms with E-state index < -0.39 is 0 Å². The van der Waals surface area contributed by atoms with Crippen molar-refractivity contribution in [3.05, 3.63) is 60.0 Å². The van der Waals surface area contributed by atoms with Crippen molar-refractivity contribution in [1.29, 1.82) is 0 Å². The predicted octanol–water partition coefficient (Wildman–Crippen LogP) is 3.34. The highest BCUT2D eigenvalue weighted by molar-refractivity contribution is 5.90. The van der Waals surface area contributed by atoms with E-state index in [-0.39, 0.29) is 18.7 Å². The van der Waals surface area contributed by atoms with Gasteiger partial charge in [0.15, 0.2) is 5.82 Å². The third kappa shape index (κ3) is 3.85. The number of carbonyl (C=O) groups excluding carboxylic acids is 1. The van der Waals surface area contributed by atoms with Gasteiger partial charge in [0.1, 0.15) is 6.10 Å². The fraction of sp³-hybridized carbons (Fsp3) is 0.316. The van der Waals surface area contributed by atoms with E-state index in [1.54, 1.807) is 0 Å².